The molecule has 2 aromatic heterocycles. The molecular formula is C13H15N3S2. The van der Waals surface area contributed by atoms with Crippen LogP contribution in [-0.4, -0.2) is 28.8 Å². The van der Waals surface area contributed by atoms with Crippen molar-refractivity contribution in [3.63, 3.8) is 0 Å². The highest BCUT2D eigenvalue weighted by Crippen LogP contribution is 2.32. The Morgan fingerprint density at radius 1 is 1.39 bits per heavy atom. The van der Waals surface area contributed by atoms with Crippen molar-refractivity contribution in [1.29, 1.82) is 0 Å². The molecule has 1 saturated heterocycles. The van der Waals surface area contributed by atoms with Crippen LogP contribution >= 0.6 is 23.1 Å². The molecule has 0 bridgehead atoms. The predicted molar refractivity (Wildman–Crippen MR) is 79.8 cm³/mol. The van der Waals surface area contributed by atoms with E-state index in [-0.39, 0.29) is 0 Å². The van der Waals surface area contributed by atoms with Gasteiger partial charge in [-0.1, -0.05) is 17.8 Å². The molecule has 94 valence electrons. The Bertz CT molecular complexity index is 558. The molecule has 18 heavy (non-hydrogen) atoms. The molecule has 0 N–H and O–H groups in total. The molecule has 0 saturated carbocycles. The van der Waals surface area contributed by atoms with Crippen LogP contribution in [0.1, 0.15) is 12.8 Å². The summed E-state index contributed by atoms with van der Waals surface area (Å²) >= 11 is 3.39. The van der Waals surface area contributed by atoms with E-state index in [0.717, 1.165) is 35.3 Å². The zero-order valence-corrected chi connectivity index (χ0v) is 11.8. The van der Waals surface area contributed by atoms with Crippen LogP contribution in [0.5, 0.6) is 0 Å². The van der Waals surface area contributed by atoms with Crippen LogP contribution in [0.2, 0.25) is 0 Å². The first-order valence-corrected chi connectivity index (χ1v) is 7.99. The van der Waals surface area contributed by atoms with Gasteiger partial charge in [0.1, 0.15) is 0 Å². The first-order valence-electron chi connectivity index (χ1n) is 6.12. The lowest BCUT2D eigenvalue weighted by molar-refractivity contribution is 0.901. The van der Waals surface area contributed by atoms with Crippen LogP contribution in [0.4, 0.5) is 5.82 Å². The molecule has 3 rings (SSSR count). The third kappa shape index (κ3) is 2.24. The lowest BCUT2D eigenvalue weighted by Crippen LogP contribution is -2.19. The topological polar surface area (TPSA) is 29.0 Å². The van der Waals surface area contributed by atoms with Gasteiger partial charge >= 0.3 is 0 Å². The van der Waals surface area contributed by atoms with E-state index < -0.39 is 0 Å². The van der Waals surface area contributed by atoms with Gasteiger partial charge in [-0.15, -0.1) is 17.9 Å². The van der Waals surface area contributed by atoms with Crippen molar-refractivity contribution in [3.8, 4) is 0 Å². The summed E-state index contributed by atoms with van der Waals surface area (Å²) in [6, 6.07) is 2.08. The van der Waals surface area contributed by atoms with Crippen LogP contribution < -0.4 is 4.90 Å². The van der Waals surface area contributed by atoms with E-state index in [1.54, 1.807) is 23.1 Å². The highest BCUT2D eigenvalue weighted by molar-refractivity contribution is 7.99. The molecule has 2 aromatic rings. The first kappa shape index (κ1) is 12.0. The Balaban J connectivity index is 2.02. The maximum absolute atomic E-state index is 4.73. The number of nitrogens with zero attached hydrogens (tertiary/aromatic N) is 3. The monoisotopic (exact) mass is 277 g/mol. The van der Waals surface area contributed by atoms with Crippen molar-refractivity contribution in [2.24, 2.45) is 0 Å². The standard InChI is InChI=1S/C13H15N3S2/c1-2-8-18-13-14-10-5-9-17-11(10)12(15-13)16-6-3-4-7-16/h2,5,9H,1,3-4,6-8H2. The van der Waals surface area contributed by atoms with Gasteiger partial charge in [0.2, 0.25) is 0 Å². The smallest absolute Gasteiger partial charge is 0.190 e. The average molecular weight is 277 g/mol. The number of anilines is 1. The second-order valence-corrected chi connectivity index (χ2v) is 6.16. The van der Waals surface area contributed by atoms with Crippen molar-refractivity contribution in [2.75, 3.05) is 23.7 Å². The second kappa shape index (κ2) is 5.28. The molecule has 1 aliphatic heterocycles. The fourth-order valence-electron chi connectivity index (χ4n) is 2.17. The zero-order valence-electron chi connectivity index (χ0n) is 10.1. The van der Waals surface area contributed by atoms with E-state index in [0.29, 0.717) is 0 Å². The fourth-order valence-corrected chi connectivity index (χ4v) is 3.60. The number of thiophene rings is 1. The summed E-state index contributed by atoms with van der Waals surface area (Å²) in [7, 11) is 0. The van der Waals surface area contributed by atoms with Gasteiger partial charge in [0.25, 0.3) is 0 Å². The molecule has 0 aliphatic carbocycles. The number of aromatic nitrogens is 2. The second-order valence-electron chi connectivity index (χ2n) is 4.26. The highest BCUT2D eigenvalue weighted by atomic mass is 32.2. The van der Waals surface area contributed by atoms with Crippen LogP contribution in [-0.2, 0) is 0 Å². The number of rotatable bonds is 4. The third-order valence-corrected chi connectivity index (χ3v) is 4.74. The molecule has 0 aromatic carbocycles. The average Bonchev–Trinajstić information content (AvgIpc) is 3.05. The molecule has 5 heteroatoms. The van der Waals surface area contributed by atoms with Gasteiger partial charge in [-0.3, -0.25) is 0 Å². The number of thioether (sulfide) groups is 1. The van der Waals surface area contributed by atoms with Gasteiger partial charge in [0, 0.05) is 18.8 Å². The molecule has 0 atom stereocenters. The van der Waals surface area contributed by atoms with E-state index in [2.05, 4.69) is 27.9 Å². The summed E-state index contributed by atoms with van der Waals surface area (Å²) in [5.74, 6) is 1.98. The summed E-state index contributed by atoms with van der Waals surface area (Å²) in [6.07, 6.45) is 4.43. The van der Waals surface area contributed by atoms with E-state index in [4.69, 9.17) is 4.98 Å². The van der Waals surface area contributed by atoms with Gasteiger partial charge < -0.3 is 4.90 Å². The van der Waals surface area contributed by atoms with Gasteiger partial charge in [0.15, 0.2) is 11.0 Å². The Kier molecular flexibility index (Phi) is 3.52. The Labute approximate surface area is 115 Å². The van der Waals surface area contributed by atoms with E-state index in [1.165, 1.54) is 17.5 Å². The first-order chi connectivity index (χ1) is 8.88. The maximum atomic E-state index is 4.73. The Hall–Kier alpha value is -1.07. The lowest BCUT2D eigenvalue weighted by atomic mass is 10.4. The summed E-state index contributed by atoms with van der Waals surface area (Å²) < 4.78 is 1.22. The molecule has 3 nitrogen and oxygen atoms in total. The van der Waals surface area contributed by atoms with E-state index in [1.807, 2.05) is 6.08 Å². The molecule has 0 radical (unpaired) electrons. The van der Waals surface area contributed by atoms with Crippen LogP contribution in [0.25, 0.3) is 10.2 Å². The van der Waals surface area contributed by atoms with Crippen LogP contribution in [0, 0.1) is 0 Å². The normalized spacial score (nSPS) is 15.4. The molecule has 0 amide bonds. The fraction of sp³-hybridized carbons (Fsp3) is 0.385. The summed E-state index contributed by atoms with van der Waals surface area (Å²) in [6.45, 7) is 5.98. The third-order valence-electron chi connectivity index (χ3n) is 3.00. The van der Waals surface area contributed by atoms with Crippen LogP contribution in [0.3, 0.4) is 0 Å². The lowest BCUT2D eigenvalue weighted by Gasteiger charge is -2.17. The maximum Gasteiger partial charge on any atom is 0.190 e. The van der Waals surface area contributed by atoms with Crippen molar-refractivity contribution in [1.82, 2.24) is 9.97 Å². The Morgan fingerprint density at radius 2 is 2.22 bits per heavy atom. The van der Waals surface area contributed by atoms with Gasteiger partial charge in [0.05, 0.1) is 10.2 Å². The highest BCUT2D eigenvalue weighted by Gasteiger charge is 2.18. The number of hydrogen-bond donors (Lipinski definition) is 0. The predicted octanol–water partition coefficient (Wildman–Crippen LogP) is 3.57. The van der Waals surface area contributed by atoms with E-state index >= 15 is 0 Å². The minimum atomic E-state index is 0.856. The van der Waals surface area contributed by atoms with Gasteiger partial charge in [-0.05, 0) is 24.3 Å². The van der Waals surface area contributed by atoms with Crippen molar-refractivity contribution >= 4 is 39.1 Å². The summed E-state index contributed by atoms with van der Waals surface area (Å²) in [4.78, 5) is 11.7. The quantitative estimate of drug-likeness (QED) is 0.485. The molecular weight excluding hydrogens is 262 g/mol. The molecule has 1 aliphatic rings. The summed E-state index contributed by atoms with van der Waals surface area (Å²) in [5, 5.41) is 2.96. The van der Waals surface area contributed by atoms with Crippen molar-refractivity contribution < 1.29 is 0 Å². The minimum absolute atomic E-state index is 0.856. The van der Waals surface area contributed by atoms with Crippen molar-refractivity contribution in [3.05, 3.63) is 24.1 Å². The SMILES string of the molecule is C=CCSc1nc(N2CCCC2)c2sccc2n1. The minimum Gasteiger partial charge on any atom is -0.355 e. The largest absolute Gasteiger partial charge is 0.355 e. The van der Waals surface area contributed by atoms with Gasteiger partial charge in [-0.25, -0.2) is 9.97 Å². The van der Waals surface area contributed by atoms with Crippen molar-refractivity contribution in [2.45, 2.75) is 18.0 Å². The molecule has 0 unspecified atom stereocenters. The van der Waals surface area contributed by atoms with E-state index in [9.17, 15) is 0 Å². The number of fused-ring (bicyclic) bond motifs is 1. The zero-order chi connectivity index (χ0) is 12.4. The molecule has 3 heterocycles. The molecule has 0 spiro atoms. The van der Waals surface area contributed by atoms with Crippen LogP contribution in [0.15, 0.2) is 29.3 Å². The number of hydrogen-bond acceptors (Lipinski definition) is 5. The molecule has 1 fully saturated rings. The van der Waals surface area contributed by atoms with Gasteiger partial charge in [-0.2, -0.15) is 0 Å². The Morgan fingerprint density at radius 3 is 3.00 bits per heavy atom. The summed E-state index contributed by atoms with van der Waals surface area (Å²) in [5.41, 5.74) is 1.07.